The van der Waals surface area contributed by atoms with E-state index >= 15 is 0 Å². The van der Waals surface area contributed by atoms with Gasteiger partial charge in [0.05, 0.1) is 13.2 Å². The van der Waals surface area contributed by atoms with Crippen molar-refractivity contribution >= 4 is 17.7 Å². The lowest BCUT2D eigenvalue weighted by Crippen LogP contribution is -2.36. The first-order valence-corrected chi connectivity index (χ1v) is 6.05. The van der Waals surface area contributed by atoms with Crippen LogP contribution in [0, 0.1) is 11.3 Å². The Bertz CT molecular complexity index is 523. The number of hydrogen-bond acceptors (Lipinski definition) is 4. The molecule has 0 spiro atoms. The van der Waals surface area contributed by atoms with Gasteiger partial charge in [-0.25, -0.2) is 0 Å². The van der Waals surface area contributed by atoms with Crippen molar-refractivity contribution in [2.24, 2.45) is 5.73 Å². The van der Waals surface area contributed by atoms with Gasteiger partial charge in [0.25, 0.3) is 5.91 Å². The van der Waals surface area contributed by atoms with E-state index in [4.69, 9.17) is 15.7 Å². The molecule has 2 rings (SSSR count). The summed E-state index contributed by atoms with van der Waals surface area (Å²) in [7, 11) is 0. The van der Waals surface area contributed by atoms with Crippen LogP contribution in [-0.4, -0.2) is 32.2 Å². The van der Waals surface area contributed by atoms with Gasteiger partial charge in [0.15, 0.2) is 0 Å². The zero-order chi connectivity index (χ0) is 13.7. The Balaban J connectivity index is 2.14. The maximum absolute atomic E-state index is 11.0. The van der Waals surface area contributed by atoms with Gasteiger partial charge in [-0.15, -0.1) is 0 Å². The summed E-state index contributed by atoms with van der Waals surface area (Å²) in [6, 6.07) is 9.45. The maximum atomic E-state index is 11.0. The lowest BCUT2D eigenvalue weighted by molar-refractivity contribution is -0.114. The van der Waals surface area contributed by atoms with E-state index < -0.39 is 5.91 Å². The second-order valence-electron chi connectivity index (χ2n) is 4.23. The highest BCUT2D eigenvalue weighted by Gasteiger charge is 2.10. The molecule has 0 aromatic heterocycles. The Kier molecular flexibility index (Phi) is 4.16. The highest BCUT2D eigenvalue weighted by molar-refractivity contribution is 6.00. The Hall–Kier alpha value is -2.32. The molecule has 2 N–H and O–H groups in total. The third-order valence-corrected chi connectivity index (χ3v) is 2.97. The molecule has 1 amide bonds. The van der Waals surface area contributed by atoms with Gasteiger partial charge in [0, 0.05) is 18.8 Å². The normalized spacial score (nSPS) is 15.9. The Morgan fingerprint density at radius 2 is 1.95 bits per heavy atom. The van der Waals surface area contributed by atoms with Crippen LogP contribution in [0.2, 0.25) is 0 Å². The van der Waals surface area contributed by atoms with Gasteiger partial charge >= 0.3 is 0 Å². The fraction of sp³-hybridized carbons (Fsp3) is 0.286. The zero-order valence-electron chi connectivity index (χ0n) is 10.5. The first-order valence-electron chi connectivity index (χ1n) is 6.05. The fourth-order valence-electron chi connectivity index (χ4n) is 1.93. The summed E-state index contributed by atoms with van der Waals surface area (Å²) in [6.07, 6.45) is 1.49. The van der Waals surface area contributed by atoms with Gasteiger partial charge in [0.1, 0.15) is 11.6 Å². The molecule has 0 atom stereocenters. The largest absolute Gasteiger partial charge is 0.378 e. The predicted octanol–water partition coefficient (Wildman–Crippen LogP) is 0.915. The van der Waals surface area contributed by atoms with Crippen molar-refractivity contribution < 1.29 is 9.53 Å². The molecule has 1 aliphatic rings. The molecule has 5 nitrogen and oxygen atoms in total. The minimum Gasteiger partial charge on any atom is -0.378 e. The molecule has 0 unspecified atom stereocenters. The van der Waals surface area contributed by atoms with Gasteiger partial charge in [0.2, 0.25) is 0 Å². The van der Waals surface area contributed by atoms with E-state index in [0.29, 0.717) is 0 Å². The van der Waals surface area contributed by atoms with E-state index in [9.17, 15) is 4.79 Å². The highest BCUT2D eigenvalue weighted by atomic mass is 16.5. The third-order valence-electron chi connectivity index (χ3n) is 2.97. The summed E-state index contributed by atoms with van der Waals surface area (Å²) in [5, 5.41) is 8.77. The molecule has 1 saturated heterocycles. The third kappa shape index (κ3) is 3.33. The van der Waals surface area contributed by atoms with E-state index in [2.05, 4.69) is 4.90 Å². The molecule has 0 bridgehead atoms. The summed E-state index contributed by atoms with van der Waals surface area (Å²) in [5.41, 5.74) is 6.94. The number of benzene rings is 1. The topological polar surface area (TPSA) is 79.3 Å². The molecule has 0 saturated carbocycles. The molecular weight excluding hydrogens is 242 g/mol. The molecule has 1 aromatic carbocycles. The smallest absolute Gasteiger partial charge is 0.259 e. The fourth-order valence-corrected chi connectivity index (χ4v) is 1.93. The second-order valence-corrected chi connectivity index (χ2v) is 4.23. The maximum Gasteiger partial charge on any atom is 0.259 e. The quantitative estimate of drug-likeness (QED) is 0.645. The van der Waals surface area contributed by atoms with Crippen LogP contribution in [0.4, 0.5) is 5.69 Å². The number of nitrogens with zero attached hydrogens (tertiary/aromatic N) is 2. The summed E-state index contributed by atoms with van der Waals surface area (Å²) in [6.45, 7) is 3.23. The second kappa shape index (κ2) is 6.03. The van der Waals surface area contributed by atoms with Gasteiger partial charge < -0.3 is 15.4 Å². The molecule has 5 heteroatoms. The number of carbonyl (C=O) groups is 1. The van der Waals surface area contributed by atoms with Crippen molar-refractivity contribution in [3.63, 3.8) is 0 Å². The van der Waals surface area contributed by atoms with Gasteiger partial charge in [-0.1, -0.05) is 12.1 Å². The number of primary amides is 1. The van der Waals surface area contributed by atoms with Gasteiger partial charge in [-0.3, -0.25) is 4.79 Å². The predicted molar refractivity (Wildman–Crippen MR) is 72.3 cm³/mol. The number of morpholine rings is 1. The minimum absolute atomic E-state index is 0.0425. The standard InChI is InChI=1S/C14H15N3O2/c15-10-12(14(16)18)9-11-1-3-13(4-2-11)17-5-7-19-8-6-17/h1-4,9H,5-8H2,(H2,16,18)/b12-9+. The van der Waals surface area contributed by atoms with Crippen LogP contribution in [-0.2, 0) is 9.53 Å². The average molecular weight is 257 g/mol. The van der Waals surface area contributed by atoms with Crippen molar-refractivity contribution in [1.82, 2.24) is 0 Å². The molecule has 98 valence electrons. The minimum atomic E-state index is -0.709. The van der Waals surface area contributed by atoms with Crippen LogP contribution in [0.5, 0.6) is 0 Å². The number of ether oxygens (including phenoxy) is 1. The molecule has 1 heterocycles. The number of rotatable bonds is 3. The van der Waals surface area contributed by atoms with Crippen molar-refractivity contribution in [3.05, 3.63) is 35.4 Å². The van der Waals surface area contributed by atoms with Crippen molar-refractivity contribution in [2.75, 3.05) is 31.2 Å². The summed E-state index contributed by atoms with van der Waals surface area (Å²) in [5.74, 6) is -0.709. The van der Waals surface area contributed by atoms with Crippen molar-refractivity contribution in [3.8, 4) is 6.07 Å². The lowest BCUT2D eigenvalue weighted by Gasteiger charge is -2.28. The van der Waals surface area contributed by atoms with Crippen LogP contribution in [0.25, 0.3) is 6.08 Å². The monoisotopic (exact) mass is 257 g/mol. The number of amides is 1. The van der Waals surface area contributed by atoms with Crippen molar-refractivity contribution in [2.45, 2.75) is 0 Å². The first kappa shape index (κ1) is 13.1. The number of carbonyl (C=O) groups excluding carboxylic acids is 1. The molecule has 19 heavy (non-hydrogen) atoms. The van der Waals surface area contributed by atoms with E-state index in [1.54, 1.807) is 6.07 Å². The van der Waals surface area contributed by atoms with Gasteiger partial charge in [-0.2, -0.15) is 5.26 Å². The molecule has 1 fully saturated rings. The molecular formula is C14H15N3O2. The Morgan fingerprint density at radius 1 is 1.32 bits per heavy atom. The van der Waals surface area contributed by atoms with E-state index in [-0.39, 0.29) is 5.57 Å². The Morgan fingerprint density at radius 3 is 2.47 bits per heavy atom. The SMILES string of the molecule is N#C/C(=C\c1ccc(N2CCOCC2)cc1)C(N)=O. The number of nitriles is 1. The van der Waals surface area contributed by atoms with E-state index in [1.807, 2.05) is 24.3 Å². The number of hydrogen-bond donors (Lipinski definition) is 1. The van der Waals surface area contributed by atoms with E-state index in [1.165, 1.54) is 6.08 Å². The average Bonchev–Trinajstić information content (AvgIpc) is 2.46. The summed E-state index contributed by atoms with van der Waals surface area (Å²) < 4.78 is 5.30. The molecule has 0 radical (unpaired) electrons. The summed E-state index contributed by atoms with van der Waals surface area (Å²) >= 11 is 0. The van der Waals surface area contributed by atoms with Crippen LogP contribution >= 0.6 is 0 Å². The van der Waals surface area contributed by atoms with Crippen LogP contribution < -0.4 is 10.6 Å². The highest BCUT2D eigenvalue weighted by Crippen LogP contribution is 2.17. The van der Waals surface area contributed by atoms with Crippen molar-refractivity contribution in [1.29, 1.82) is 5.26 Å². The molecule has 0 aliphatic carbocycles. The Labute approximate surface area is 111 Å². The lowest BCUT2D eigenvalue weighted by atomic mass is 10.1. The van der Waals surface area contributed by atoms with Gasteiger partial charge in [-0.05, 0) is 23.8 Å². The van der Waals surface area contributed by atoms with Crippen LogP contribution in [0.1, 0.15) is 5.56 Å². The zero-order valence-corrected chi connectivity index (χ0v) is 10.5. The number of nitrogens with two attached hydrogens (primary N) is 1. The molecule has 1 aromatic rings. The van der Waals surface area contributed by atoms with Crippen LogP contribution in [0.3, 0.4) is 0 Å². The van der Waals surface area contributed by atoms with Crippen LogP contribution in [0.15, 0.2) is 29.8 Å². The molecule has 1 aliphatic heterocycles. The summed E-state index contributed by atoms with van der Waals surface area (Å²) in [4.78, 5) is 13.2. The number of anilines is 1. The van der Waals surface area contributed by atoms with E-state index in [0.717, 1.165) is 37.6 Å². The first-order chi connectivity index (χ1) is 9.20.